The minimum Gasteiger partial charge on any atom is -0.0619 e. The third kappa shape index (κ3) is 5.80. The van der Waals surface area contributed by atoms with Crippen LogP contribution in [-0.2, 0) is 32.5 Å². The van der Waals surface area contributed by atoms with Crippen molar-refractivity contribution in [3.8, 4) is 22.3 Å². The highest BCUT2D eigenvalue weighted by molar-refractivity contribution is 5.85. The third-order valence-electron chi connectivity index (χ3n) is 10.8. The van der Waals surface area contributed by atoms with E-state index in [1.54, 1.807) is 0 Å². The van der Waals surface area contributed by atoms with Gasteiger partial charge in [-0.2, -0.15) is 0 Å². The molecule has 0 nitrogen and oxygen atoms in total. The first-order valence-corrected chi connectivity index (χ1v) is 17.5. The SMILES string of the molecule is CC(C)(C)c1cc(C(C)(C)C)c2c(c1)C(C)(C)c1ccccc1-2.CC(C)(C)c1ccc2c(c1)-c1cc(C(C)(C)C)ccc1C2(C)C. The van der Waals surface area contributed by atoms with Crippen LogP contribution in [0.3, 0.4) is 0 Å². The maximum atomic E-state index is 2.46. The molecule has 0 unspecified atom stereocenters. The molecule has 0 heteroatoms. The van der Waals surface area contributed by atoms with Gasteiger partial charge >= 0.3 is 0 Å². The quantitative estimate of drug-likeness (QED) is 0.185. The first kappa shape index (κ1) is 34.2. The summed E-state index contributed by atoms with van der Waals surface area (Å²) in [5.74, 6) is 0. The molecule has 0 bridgehead atoms. The van der Waals surface area contributed by atoms with Crippen molar-refractivity contribution < 1.29 is 0 Å². The van der Waals surface area contributed by atoms with Crippen LogP contribution in [0.4, 0.5) is 0 Å². The molecule has 0 atom stereocenters. The van der Waals surface area contributed by atoms with Gasteiger partial charge in [0.05, 0.1) is 0 Å². The highest BCUT2D eigenvalue weighted by atomic mass is 14.4. The van der Waals surface area contributed by atoms with Crippen LogP contribution < -0.4 is 0 Å². The molecule has 4 aromatic carbocycles. The Morgan fingerprint density at radius 2 is 0.783 bits per heavy atom. The molecule has 0 saturated carbocycles. The normalized spacial score (nSPS) is 16.2. The zero-order valence-electron chi connectivity index (χ0n) is 31.9. The highest BCUT2D eigenvalue weighted by Crippen LogP contribution is 2.53. The summed E-state index contributed by atoms with van der Waals surface area (Å²) in [6.07, 6.45) is 0. The highest BCUT2D eigenvalue weighted by Gasteiger charge is 2.40. The molecule has 0 radical (unpaired) electrons. The summed E-state index contributed by atoms with van der Waals surface area (Å²) in [5.41, 5.74) is 18.3. The van der Waals surface area contributed by atoms with E-state index >= 15 is 0 Å². The molecule has 0 fully saturated rings. The van der Waals surface area contributed by atoms with Crippen molar-refractivity contribution in [3.63, 3.8) is 0 Å². The van der Waals surface area contributed by atoms with Crippen molar-refractivity contribution >= 4 is 0 Å². The predicted octanol–water partition coefficient (Wildman–Crippen LogP) is 13.2. The molecule has 0 aliphatic heterocycles. The maximum Gasteiger partial charge on any atom is 0.0159 e. The molecule has 0 heterocycles. The standard InChI is InChI=1S/2C23H30/c1-21(2,3)15-9-11-19-17(13-15)18-14-16(22(4,5)6)10-12-20(18)23(19,7)8;1-21(2,3)15-13-18(22(4,5)6)20-16-11-9-10-12-17(16)23(7,8)19(20)14-15/h2*9-14H,1-8H3. The Balaban J connectivity index is 0.000000181. The zero-order valence-corrected chi connectivity index (χ0v) is 31.9. The van der Waals surface area contributed by atoms with Gasteiger partial charge in [-0.15, -0.1) is 0 Å². The number of benzene rings is 4. The summed E-state index contributed by atoms with van der Waals surface area (Å²) in [4.78, 5) is 0. The van der Waals surface area contributed by atoms with Gasteiger partial charge in [-0.1, -0.05) is 184 Å². The Labute approximate surface area is 282 Å². The van der Waals surface area contributed by atoms with Crippen molar-refractivity contribution in [3.05, 3.63) is 117 Å². The first-order valence-electron chi connectivity index (χ1n) is 17.5. The summed E-state index contributed by atoms with van der Waals surface area (Å²) in [5, 5.41) is 0. The van der Waals surface area contributed by atoms with Gasteiger partial charge in [0.1, 0.15) is 0 Å². The lowest BCUT2D eigenvalue weighted by molar-refractivity contribution is 0.564. The molecule has 46 heavy (non-hydrogen) atoms. The first-order chi connectivity index (χ1) is 20.9. The van der Waals surface area contributed by atoms with Crippen LogP contribution in [0.2, 0.25) is 0 Å². The Kier molecular flexibility index (Phi) is 7.96. The van der Waals surface area contributed by atoms with Crippen molar-refractivity contribution in [1.82, 2.24) is 0 Å². The maximum absolute atomic E-state index is 2.46. The Morgan fingerprint density at radius 1 is 0.370 bits per heavy atom. The van der Waals surface area contributed by atoms with Crippen LogP contribution in [-0.4, -0.2) is 0 Å². The van der Waals surface area contributed by atoms with Gasteiger partial charge in [0.25, 0.3) is 0 Å². The molecule has 244 valence electrons. The lowest BCUT2D eigenvalue weighted by Crippen LogP contribution is -2.21. The van der Waals surface area contributed by atoms with E-state index in [4.69, 9.17) is 0 Å². The van der Waals surface area contributed by atoms with Crippen LogP contribution in [0.15, 0.2) is 72.8 Å². The van der Waals surface area contributed by atoms with E-state index in [0.29, 0.717) is 0 Å². The van der Waals surface area contributed by atoms with E-state index in [2.05, 4.69) is 184 Å². The summed E-state index contributed by atoms with van der Waals surface area (Å²) in [7, 11) is 0. The van der Waals surface area contributed by atoms with Gasteiger partial charge in [-0.25, -0.2) is 0 Å². The van der Waals surface area contributed by atoms with Crippen molar-refractivity contribution in [1.29, 1.82) is 0 Å². The minimum absolute atomic E-state index is 0.0766. The van der Waals surface area contributed by atoms with E-state index in [0.717, 1.165) is 0 Å². The number of fused-ring (bicyclic) bond motifs is 6. The second-order valence-corrected chi connectivity index (χ2v) is 19.3. The Hall–Kier alpha value is -3.12. The van der Waals surface area contributed by atoms with E-state index in [-0.39, 0.29) is 32.5 Å². The molecule has 0 spiro atoms. The van der Waals surface area contributed by atoms with Crippen LogP contribution >= 0.6 is 0 Å². The lowest BCUT2D eigenvalue weighted by atomic mass is 9.74. The zero-order chi connectivity index (χ0) is 34.4. The molecule has 6 rings (SSSR count). The summed E-state index contributed by atoms with van der Waals surface area (Å²) >= 11 is 0. The van der Waals surface area contributed by atoms with Gasteiger partial charge in [0.2, 0.25) is 0 Å². The average molecular weight is 613 g/mol. The smallest absolute Gasteiger partial charge is 0.0159 e. The molecular formula is C46H60. The fourth-order valence-corrected chi connectivity index (χ4v) is 7.54. The average Bonchev–Trinajstić information content (AvgIpc) is 3.30. The summed E-state index contributed by atoms with van der Waals surface area (Å²) < 4.78 is 0. The topological polar surface area (TPSA) is 0 Å². The van der Waals surface area contributed by atoms with Crippen molar-refractivity contribution in [2.45, 2.75) is 143 Å². The molecule has 0 N–H and O–H groups in total. The van der Waals surface area contributed by atoms with Crippen LogP contribution in [0.1, 0.15) is 155 Å². The molecule has 4 aromatic rings. The van der Waals surface area contributed by atoms with Gasteiger partial charge in [-0.05, 0) is 88.4 Å². The van der Waals surface area contributed by atoms with Gasteiger partial charge in [0, 0.05) is 10.8 Å². The van der Waals surface area contributed by atoms with Crippen molar-refractivity contribution in [2.75, 3.05) is 0 Å². The second kappa shape index (κ2) is 10.7. The second-order valence-electron chi connectivity index (χ2n) is 19.3. The van der Waals surface area contributed by atoms with Gasteiger partial charge in [-0.3, -0.25) is 0 Å². The molecule has 2 aliphatic rings. The minimum atomic E-state index is 0.0766. The number of hydrogen-bond acceptors (Lipinski definition) is 0. The van der Waals surface area contributed by atoms with E-state index < -0.39 is 0 Å². The van der Waals surface area contributed by atoms with Crippen molar-refractivity contribution in [2.24, 2.45) is 0 Å². The fourth-order valence-electron chi connectivity index (χ4n) is 7.54. The van der Waals surface area contributed by atoms with E-state index in [1.165, 1.54) is 66.8 Å². The van der Waals surface area contributed by atoms with Crippen LogP contribution in [0, 0.1) is 0 Å². The third-order valence-corrected chi connectivity index (χ3v) is 10.8. The summed E-state index contributed by atoms with van der Waals surface area (Å²) in [6.45, 7) is 37.2. The lowest BCUT2D eigenvalue weighted by Gasteiger charge is -2.30. The van der Waals surface area contributed by atoms with Gasteiger partial charge in [0.15, 0.2) is 0 Å². The molecule has 0 aromatic heterocycles. The molecule has 2 aliphatic carbocycles. The molecule has 0 saturated heterocycles. The Morgan fingerprint density at radius 3 is 1.22 bits per heavy atom. The van der Waals surface area contributed by atoms with Crippen LogP contribution in [0.5, 0.6) is 0 Å². The van der Waals surface area contributed by atoms with E-state index in [9.17, 15) is 0 Å². The Bertz CT molecular complexity index is 1730. The molecular weight excluding hydrogens is 553 g/mol. The number of hydrogen-bond donors (Lipinski definition) is 0. The van der Waals surface area contributed by atoms with Gasteiger partial charge < -0.3 is 0 Å². The monoisotopic (exact) mass is 612 g/mol. The number of rotatable bonds is 0. The molecule has 0 amide bonds. The largest absolute Gasteiger partial charge is 0.0619 e. The predicted molar refractivity (Wildman–Crippen MR) is 203 cm³/mol. The van der Waals surface area contributed by atoms with E-state index in [1.807, 2.05) is 0 Å². The fraction of sp³-hybridized carbons (Fsp3) is 0.478. The van der Waals surface area contributed by atoms with Crippen LogP contribution in [0.25, 0.3) is 22.3 Å². The summed E-state index contributed by atoms with van der Waals surface area (Å²) in [6, 6.07) is 28.1.